The molecule has 2 unspecified atom stereocenters. The van der Waals surface area contributed by atoms with Gasteiger partial charge in [-0.15, -0.1) is 0 Å². The van der Waals surface area contributed by atoms with Gasteiger partial charge in [-0.05, 0) is 0 Å². The second-order valence-electron chi connectivity index (χ2n) is 8.96. The summed E-state index contributed by atoms with van der Waals surface area (Å²) in [7, 11) is 8.60. The summed E-state index contributed by atoms with van der Waals surface area (Å²) in [6.45, 7) is 24.6. The normalized spacial score (nSPS) is 18.3. The van der Waals surface area contributed by atoms with Crippen LogP contribution in [-0.4, -0.2) is 85.7 Å². The van der Waals surface area contributed by atoms with Gasteiger partial charge in [0.2, 0.25) is 0 Å². The van der Waals surface area contributed by atoms with E-state index in [9.17, 15) is 0 Å². The molecule has 0 aromatic heterocycles. The van der Waals surface area contributed by atoms with Crippen LogP contribution in [-0.2, 0) is 0 Å². The van der Waals surface area contributed by atoms with Crippen LogP contribution in [0.1, 0.15) is 0 Å². The van der Waals surface area contributed by atoms with Crippen LogP contribution in [0.15, 0.2) is 0 Å². The molecule has 2 atom stereocenters. The summed E-state index contributed by atoms with van der Waals surface area (Å²) in [4.78, 5) is 0. The predicted molar refractivity (Wildman–Crippen MR) is 109 cm³/mol. The van der Waals surface area contributed by atoms with Crippen LogP contribution in [0.4, 0.5) is 0 Å². The second-order valence-corrected chi connectivity index (χ2v) is 38.4. The quantitative estimate of drug-likeness (QED) is 0.440. The molecule has 7 heteroatoms. The minimum atomic E-state index is -1.22. The fraction of sp³-hybridized carbons (Fsp3) is 1.00. The Labute approximate surface area is 138 Å². The summed E-state index contributed by atoms with van der Waals surface area (Å²) in [5.41, 5.74) is 0. The second kappa shape index (κ2) is 6.77. The van der Waals surface area contributed by atoms with Crippen molar-refractivity contribution in [3.05, 3.63) is 0 Å². The van der Waals surface area contributed by atoms with E-state index in [2.05, 4.69) is 65.9 Å². The van der Waals surface area contributed by atoms with Gasteiger partial charge in [0, 0.05) is 0 Å². The molecule has 0 amide bonds. The Balaban J connectivity index is 5.43. The summed E-state index contributed by atoms with van der Waals surface area (Å²) < 4.78 is 1.84. The van der Waals surface area contributed by atoms with Crippen molar-refractivity contribution < 1.29 is 0 Å². The van der Waals surface area contributed by atoms with E-state index in [0.29, 0.717) is 0 Å². The van der Waals surface area contributed by atoms with E-state index in [4.69, 9.17) is 15.1 Å². The molecule has 0 heterocycles. The van der Waals surface area contributed by atoms with Crippen molar-refractivity contribution in [1.82, 2.24) is 0 Å². The molecule has 8 radical (unpaired) electrons. The molecule has 0 aliphatic heterocycles. The van der Waals surface area contributed by atoms with Crippen molar-refractivity contribution in [1.29, 1.82) is 0 Å². The van der Waals surface area contributed by atoms with Gasteiger partial charge in [-0.25, -0.2) is 0 Å². The minimum absolute atomic E-state index is 0.541. The first-order valence-electron chi connectivity index (χ1n) is 6.98. The van der Waals surface area contributed by atoms with Gasteiger partial charge in [0.25, 0.3) is 0 Å². The Hall–Kier alpha value is 2.22. The van der Waals surface area contributed by atoms with E-state index in [1.807, 2.05) is 0 Å². The van der Waals surface area contributed by atoms with E-state index >= 15 is 0 Å². The molecule has 0 aliphatic carbocycles. The Kier molecular flexibility index (Phi) is 7.56. The molecule has 0 rings (SSSR count). The zero-order valence-corrected chi connectivity index (χ0v) is 21.3. The summed E-state index contributed by atoms with van der Waals surface area (Å²) in [6, 6.07) is 0. The van der Waals surface area contributed by atoms with E-state index in [1.165, 1.54) is 0 Å². The maximum atomic E-state index is 6.68. The third-order valence-corrected chi connectivity index (χ3v) is 50.1. The summed E-state index contributed by atoms with van der Waals surface area (Å²) in [5, 5.41) is 0. The Morgan fingerprint density at radius 2 is 0.895 bits per heavy atom. The third-order valence-electron chi connectivity index (χ3n) is 3.29. The van der Waals surface area contributed by atoms with E-state index in [-0.39, 0.29) is 0 Å². The maximum absolute atomic E-state index is 6.68. The van der Waals surface area contributed by atoms with Crippen molar-refractivity contribution in [3.8, 4) is 0 Å². The fourth-order valence-electron chi connectivity index (χ4n) is 3.03. The topological polar surface area (TPSA) is 0 Å². The van der Waals surface area contributed by atoms with Crippen molar-refractivity contribution >= 4 is 66.7 Å². The number of hydrogen-bond donors (Lipinski definition) is 0. The first-order valence-corrected chi connectivity index (χ1v) is 23.1. The Morgan fingerprint density at radius 3 is 1.00 bits per heavy atom. The molecule has 0 bridgehead atoms. The predicted octanol–water partition coefficient (Wildman–Crippen LogP) is 3.82. The Morgan fingerprint density at radius 1 is 0.684 bits per heavy atom. The van der Waals surface area contributed by atoms with Crippen LogP contribution in [0.25, 0.3) is 0 Å². The van der Waals surface area contributed by atoms with Gasteiger partial charge in [0.05, 0.1) is 0 Å². The van der Waals surface area contributed by atoms with Gasteiger partial charge in [0.1, 0.15) is 0 Å². The van der Waals surface area contributed by atoms with Gasteiger partial charge in [-0.2, -0.15) is 0 Å². The molecule has 0 aliphatic rings. The van der Waals surface area contributed by atoms with Crippen LogP contribution in [0.5, 0.6) is 0 Å². The van der Waals surface area contributed by atoms with E-state index < -0.39 is 51.6 Å². The number of hydrogen-bond acceptors (Lipinski definition) is 0. The van der Waals surface area contributed by atoms with Crippen LogP contribution in [0.3, 0.4) is 0 Å². The molecule has 0 nitrogen and oxygen atoms in total. The van der Waals surface area contributed by atoms with Gasteiger partial charge in [0.15, 0.2) is 0 Å². The molecule has 0 fully saturated rings. The molecule has 0 saturated carbocycles. The number of rotatable bonds is 6. The summed E-state index contributed by atoms with van der Waals surface area (Å²) >= 11 is -0.541. The summed E-state index contributed by atoms with van der Waals surface area (Å²) in [5.74, 6) is 0. The van der Waals surface area contributed by atoms with Gasteiger partial charge in [-0.3, -0.25) is 0 Å². The SMILES string of the molecule is [B-][P+](C)(C)[CH]([Sn][CH]([Si](C)(C)C)[P+]([B-])(C)C)[Si](C)(C)C. The molecule has 0 spiro atoms. The van der Waals surface area contributed by atoms with Crippen molar-refractivity contribution in [2.45, 2.75) is 45.9 Å². The first kappa shape index (κ1) is 21.2. The van der Waals surface area contributed by atoms with Gasteiger partial charge < -0.3 is 0 Å². The Bertz CT molecular complexity index is 243. The monoisotopic (exact) mass is 436 g/mol. The van der Waals surface area contributed by atoms with Crippen LogP contribution in [0.2, 0.25) is 39.3 Å². The average Bonchev–Trinajstić information content (AvgIpc) is 1.91. The molecule has 0 aromatic carbocycles. The van der Waals surface area contributed by atoms with Crippen LogP contribution in [0, 0.1) is 0 Å². The molecular weight excluding hydrogens is 403 g/mol. The van der Waals surface area contributed by atoms with Gasteiger partial charge in [-0.1, -0.05) is 0 Å². The van der Waals surface area contributed by atoms with Crippen molar-refractivity contribution in [2.24, 2.45) is 0 Å². The average molecular weight is 435 g/mol. The zero-order valence-electron chi connectivity index (χ0n) is 14.7. The van der Waals surface area contributed by atoms with Crippen molar-refractivity contribution in [2.75, 3.05) is 26.7 Å². The first-order chi connectivity index (χ1) is 7.97. The standard InChI is InChI=1S/2C6H16BPSi.Sn/c2*1-8(2,7)6-9(3,4)5;/h2*6H,1-5H3;. The molecular formula is C12H32B2P2Si2Sn. The van der Waals surface area contributed by atoms with E-state index in [0.717, 1.165) is 6.60 Å². The van der Waals surface area contributed by atoms with E-state index in [1.54, 1.807) is 0 Å². The molecule has 19 heavy (non-hydrogen) atoms. The zero-order chi connectivity index (χ0) is 15.9. The fourth-order valence-corrected chi connectivity index (χ4v) is 44.8. The molecule has 0 saturated heterocycles. The van der Waals surface area contributed by atoms with Crippen LogP contribution < -0.4 is 0 Å². The molecule has 0 N–H and O–H groups in total. The molecule has 108 valence electrons. The van der Waals surface area contributed by atoms with Crippen molar-refractivity contribution in [3.63, 3.8) is 0 Å². The molecule has 0 aromatic rings. The van der Waals surface area contributed by atoms with Gasteiger partial charge >= 0.3 is 139 Å². The summed E-state index contributed by atoms with van der Waals surface area (Å²) in [6.07, 6.45) is 0. The van der Waals surface area contributed by atoms with Crippen LogP contribution >= 0.6 is 14.3 Å². The third kappa shape index (κ3) is 7.35.